The Morgan fingerprint density at radius 3 is 1.92 bits per heavy atom. The summed E-state index contributed by atoms with van der Waals surface area (Å²) in [7, 11) is 0. The Hall–Kier alpha value is -2.31. The lowest BCUT2D eigenvalue weighted by Crippen LogP contribution is -2.55. The molecule has 3 heterocycles. The number of piperazine rings is 1. The molecular weight excluding hydrogens is 334 g/mol. The van der Waals surface area contributed by atoms with Gasteiger partial charge in [-0.05, 0) is 44.2 Å². The minimum atomic E-state index is -0.815. The van der Waals surface area contributed by atoms with Gasteiger partial charge in [0, 0.05) is 39.3 Å². The van der Waals surface area contributed by atoms with Crippen molar-refractivity contribution in [3.8, 4) is 0 Å². The van der Waals surface area contributed by atoms with E-state index in [-0.39, 0.29) is 17.7 Å². The van der Waals surface area contributed by atoms with Crippen LogP contribution in [0.4, 0.5) is 0 Å². The maximum absolute atomic E-state index is 13.0. The zero-order valence-corrected chi connectivity index (χ0v) is 15.0. The van der Waals surface area contributed by atoms with Gasteiger partial charge in [0.25, 0.3) is 5.91 Å². The first-order valence-corrected chi connectivity index (χ1v) is 9.53. The summed E-state index contributed by atoms with van der Waals surface area (Å²) in [5, 5.41) is 0. The fourth-order valence-electron chi connectivity index (χ4n) is 4.02. The summed E-state index contributed by atoms with van der Waals surface area (Å²) in [5.41, 5.74) is -0.815. The van der Waals surface area contributed by atoms with E-state index in [1.807, 2.05) is 4.90 Å². The number of likely N-dealkylation sites (tertiary alicyclic amines) is 1. The van der Waals surface area contributed by atoms with Crippen LogP contribution in [0.5, 0.6) is 0 Å². The van der Waals surface area contributed by atoms with E-state index in [9.17, 15) is 14.4 Å². The molecule has 3 aliphatic rings. The predicted molar refractivity (Wildman–Crippen MR) is 93.3 cm³/mol. The molecule has 2 aliphatic heterocycles. The first-order valence-electron chi connectivity index (χ1n) is 9.53. The molecule has 0 unspecified atom stereocenters. The molecule has 3 amide bonds. The molecule has 0 atom stereocenters. The van der Waals surface area contributed by atoms with Crippen molar-refractivity contribution >= 4 is 17.7 Å². The third kappa shape index (κ3) is 2.99. The van der Waals surface area contributed by atoms with Gasteiger partial charge in [0.2, 0.25) is 11.8 Å². The maximum Gasteiger partial charge on any atom is 0.289 e. The van der Waals surface area contributed by atoms with Crippen LogP contribution in [-0.2, 0) is 9.59 Å². The summed E-state index contributed by atoms with van der Waals surface area (Å²) in [6.45, 7) is 3.44. The highest BCUT2D eigenvalue weighted by Gasteiger charge is 2.59. The number of piperidine rings is 1. The average Bonchev–Trinajstić information content (AvgIpc) is 3.33. The van der Waals surface area contributed by atoms with Crippen molar-refractivity contribution in [3.63, 3.8) is 0 Å². The lowest BCUT2D eigenvalue weighted by atomic mass is 10.00. The molecule has 0 aromatic carbocycles. The third-order valence-corrected chi connectivity index (χ3v) is 5.80. The van der Waals surface area contributed by atoms with Crippen LogP contribution in [0, 0.1) is 5.41 Å². The van der Waals surface area contributed by atoms with Crippen LogP contribution in [-0.4, -0.2) is 71.7 Å². The molecule has 0 N–H and O–H groups in total. The van der Waals surface area contributed by atoms with E-state index in [0.29, 0.717) is 44.8 Å². The number of rotatable bonds is 3. The lowest BCUT2D eigenvalue weighted by molar-refractivity contribution is -0.150. The van der Waals surface area contributed by atoms with Gasteiger partial charge in [0.05, 0.1) is 6.26 Å². The monoisotopic (exact) mass is 359 g/mol. The molecule has 1 aliphatic carbocycles. The summed E-state index contributed by atoms with van der Waals surface area (Å²) >= 11 is 0. The lowest BCUT2D eigenvalue weighted by Gasteiger charge is -2.37. The van der Waals surface area contributed by atoms with Crippen molar-refractivity contribution in [2.45, 2.75) is 32.1 Å². The Labute approximate surface area is 152 Å². The fourth-order valence-corrected chi connectivity index (χ4v) is 4.02. The van der Waals surface area contributed by atoms with Gasteiger partial charge < -0.3 is 19.1 Å². The molecular formula is C19H25N3O4. The minimum absolute atomic E-state index is 0.0243. The quantitative estimate of drug-likeness (QED) is 0.764. The van der Waals surface area contributed by atoms with Crippen molar-refractivity contribution < 1.29 is 18.8 Å². The van der Waals surface area contributed by atoms with Crippen LogP contribution in [0.2, 0.25) is 0 Å². The molecule has 1 saturated carbocycles. The molecule has 0 bridgehead atoms. The largest absolute Gasteiger partial charge is 0.459 e. The molecule has 1 aromatic rings. The summed E-state index contributed by atoms with van der Waals surface area (Å²) in [4.78, 5) is 43.6. The normalized spacial score (nSPS) is 22.2. The molecule has 1 aromatic heterocycles. The van der Waals surface area contributed by atoms with Crippen LogP contribution in [0.1, 0.15) is 42.7 Å². The van der Waals surface area contributed by atoms with E-state index >= 15 is 0 Å². The summed E-state index contributed by atoms with van der Waals surface area (Å²) in [6.07, 6.45) is 6.03. The zero-order chi connectivity index (χ0) is 18.1. The summed E-state index contributed by atoms with van der Waals surface area (Å²) in [6, 6.07) is 3.34. The second-order valence-electron chi connectivity index (χ2n) is 7.50. The SMILES string of the molecule is O=C(c1ccco1)N1CCN(C(=O)C2(C(=O)N3CCCCC3)CC2)CC1. The number of carbonyl (C=O) groups is 3. The number of hydrogen-bond acceptors (Lipinski definition) is 4. The Bertz CT molecular complexity index is 682. The Morgan fingerprint density at radius 1 is 0.808 bits per heavy atom. The first-order chi connectivity index (χ1) is 12.6. The van der Waals surface area contributed by atoms with Crippen LogP contribution in [0.3, 0.4) is 0 Å². The predicted octanol–water partition coefficient (Wildman–Crippen LogP) is 1.36. The van der Waals surface area contributed by atoms with Gasteiger partial charge in [0.1, 0.15) is 5.41 Å². The molecule has 0 spiro atoms. The summed E-state index contributed by atoms with van der Waals surface area (Å²) in [5.74, 6) is 0.158. The van der Waals surface area contributed by atoms with Gasteiger partial charge in [-0.1, -0.05) is 0 Å². The number of carbonyl (C=O) groups excluding carboxylic acids is 3. The van der Waals surface area contributed by atoms with Crippen LogP contribution < -0.4 is 0 Å². The van der Waals surface area contributed by atoms with Gasteiger partial charge in [-0.2, -0.15) is 0 Å². The van der Waals surface area contributed by atoms with Crippen molar-refractivity contribution in [1.82, 2.24) is 14.7 Å². The fraction of sp³-hybridized carbons (Fsp3) is 0.632. The topological polar surface area (TPSA) is 74.1 Å². The van der Waals surface area contributed by atoms with Crippen molar-refractivity contribution in [1.29, 1.82) is 0 Å². The van der Waals surface area contributed by atoms with E-state index in [4.69, 9.17) is 4.42 Å². The number of amides is 3. The molecule has 4 rings (SSSR count). The number of furan rings is 1. The third-order valence-electron chi connectivity index (χ3n) is 5.80. The second kappa shape index (κ2) is 6.78. The van der Waals surface area contributed by atoms with Crippen molar-refractivity contribution in [2.75, 3.05) is 39.3 Å². The molecule has 140 valence electrons. The van der Waals surface area contributed by atoms with Crippen LogP contribution in [0.25, 0.3) is 0 Å². The molecule has 2 saturated heterocycles. The molecule has 26 heavy (non-hydrogen) atoms. The van der Waals surface area contributed by atoms with Crippen LogP contribution in [0.15, 0.2) is 22.8 Å². The minimum Gasteiger partial charge on any atom is -0.459 e. The number of nitrogens with zero attached hydrogens (tertiary/aromatic N) is 3. The molecule has 7 nitrogen and oxygen atoms in total. The highest BCUT2D eigenvalue weighted by molar-refractivity contribution is 6.08. The zero-order valence-electron chi connectivity index (χ0n) is 15.0. The Balaban J connectivity index is 1.36. The van der Waals surface area contributed by atoms with Gasteiger partial charge in [-0.3, -0.25) is 14.4 Å². The van der Waals surface area contributed by atoms with E-state index in [1.54, 1.807) is 21.9 Å². The van der Waals surface area contributed by atoms with Crippen LogP contribution >= 0.6 is 0 Å². The second-order valence-corrected chi connectivity index (χ2v) is 7.50. The highest BCUT2D eigenvalue weighted by Crippen LogP contribution is 2.49. The van der Waals surface area contributed by atoms with Gasteiger partial charge >= 0.3 is 0 Å². The van der Waals surface area contributed by atoms with E-state index in [2.05, 4.69) is 0 Å². The smallest absolute Gasteiger partial charge is 0.289 e. The standard InChI is InChI=1S/C19H25N3O4/c23-16(15-5-4-14-26-15)20-10-12-22(13-11-20)18(25)19(6-7-19)17(24)21-8-2-1-3-9-21/h4-5,14H,1-3,6-13H2. The molecule has 7 heteroatoms. The van der Waals surface area contributed by atoms with E-state index in [0.717, 1.165) is 32.4 Å². The highest BCUT2D eigenvalue weighted by atomic mass is 16.3. The Morgan fingerprint density at radius 2 is 1.38 bits per heavy atom. The van der Waals surface area contributed by atoms with Gasteiger partial charge in [0.15, 0.2) is 5.76 Å². The Kier molecular flexibility index (Phi) is 4.46. The molecule has 0 radical (unpaired) electrons. The first kappa shape index (κ1) is 17.1. The van der Waals surface area contributed by atoms with Gasteiger partial charge in [-0.25, -0.2) is 0 Å². The molecule has 3 fully saturated rings. The van der Waals surface area contributed by atoms with Gasteiger partial charge in [-0.15, -0.1) is 0 Å². The van der Waals surface area contributed by atoms with E-state index < -0.39 is 5.41 Å². The van der Waals surface area contributed by atoms with Crippen molar-refractivity contribution in [3.05, 3.63) is 24.2 Å². The maximum atomic E-state index is 13.0. The van der Waals surface area contributed by atoms with E-state index in [1.165, 1.54) is 6.26 Å². The average molecular weight is 359 g/mol. The summed E-state index contributed by atoms with van der Waals surface area (Å²) < 4.78 is 5.16. The van der Waals surface area contributed by atoms with Crippen molar-refractivity contribution in [2.24, 2.45) is 5.41 Å². The number of hydrogen-bond donors (Lipinski definition) is 0.